The summed E-state index contributed by atoms with van der Waals surface area (Å²) >= 11 is 0. The van der Waals surface area contributed by atoms with Crippen LogP contribution in [0.3, 0.4) is 0 Å². The second-order valence-corrected chi connectivity index (χ2v) is 5.69. The number of rotatable bonds is 2. The number of hydrogen-bond donors (Lipinski definition) is 1. The second-order valence-electron chi connectivity index (χ2n) is 5.69. The monoisotopic (exact) mass is 199 g/mol. The Kier molecular flexibility index (Phi) is 2.91. The zero-order valence-electron chi connectivity index (χ0n) is 9.59. The first-order chi connectivity index (χ1) is 6.27. The normalized spacial score (nSPS) is 32.2. The molecule has 0 aromatic heterocycles. The topological polar surface area (TPSA) is 52.3 Å². The molecule has 1 saturated carbocycles. The van der Waals surface area contributed by atoms with E-state index in [1.165, 1.54) is 7.11 Å². The first kappa shape index (κ1) is 11.5. The van der Waals surface area contributed by atoms with Crippen molar-refractivity contribution in [1.29, 1.82) is 0 Å². The highest BCUT2D eigenvalue weighted by Gasteiger charge is 2.48. The number of carbonyl (C=O) groups excluding carboxylic acids is 1. The Bertz CT molecular complexity index is 224. The minimum absolute atomic E-state index is 0.261. The lowest BCUT2D eigenvalue weighted by Gasteiger charge is -2.44. The van der Waals surface area contributed by atoms with Crippen LogP contribution in [0.1, 0.15) is 40.0 Å². The Labute approximate surface area is 86.0 Å². The summed E-state index contributed by atoms with van der Waals surface area (Å²) in [4.78, 5) is 11.3. The van der Waals surface area contributed by atoms with Gasteiger partial charge in [-0.3, -0.25) is 4.79 Å². The first-order valence-corrected chi connectivity index (χ1v) is 5.14. The van der Waals surface area contributed by atoms with Crippen molar-refractivity contribution in [3.63, 3.8) is 0 Å². The minimum Gasteiger partial charge on any atom is -0.468 e. The summed E-state index contributed by atoms with van der Waals surface area (Å²) in [5.41, 5.74) is 5.52. The standard InChI is InChI=1S/C11H21NO2/c1-10(2,3)5-8-6-11(12,7-8)9(13)14-4/h8H,5-7,12H2,1-4H3. The third-order valence-corrected chi connectivity index (χ3v) is 2.80. The van der Waals surface area contributed by atoms with Gasteiger partial charge in [0.15, 0.2) is 0 Å². The predicted octanol–water partition coefficient (Wildman–Crippen LogP) is 1.70. The molecule has 2 N–H and O–H groups in total. The number of esters is 1. The van der Waals surface area contributed by atoms with Crippen molar-refractivity contribution in [2.45, 2.75) is 45.6 Å². The molecule has 0 heterocycles. The molecule has 3 nitrogen and oxygen atoms in total. The van der Waals surface area contributed by atoms with Gasteiger partial charge in [-0.1, -0.05) is 20.8 Å². The van der Waals surface area contributed by atoms with E-state index < -0.39 is 5.54 Å². The van der Waals surface area contributed by atoms with E-state index in [0.717, 1.165) is 19.3 Å². The van der Waals surface area contributed by atoms with Crippen molar-refractivity contribution in [3.8, 4) is 0 Å². The molecule has 0 saturated heterocycles. The summed E-state index contributed by atoms with van der Waals surface area (Å²) in [5.74, 6) is 0.321. The van der Waals surface area contributed by atoms with Crippen LogP contribution in [0.4, 0.5) is 0 Å². The highest BCUT2D eigenvalue weighted by Crippen LogP contribution is 2.43. The van der Waals surface area contributed by atoms with Crippen molar-refractivity contribution in [2.75, 3.05) is 7.11 Å². The molecule has 0 aliphatic heterocycles. The van der Waals surface area contributed by atoms with Crippen molar-refractivity contribution < 1.29 is 9.53 Å². The van der Waals surface area contributed by atoms with Crippen molar-refractivity contribution in [1.82, 2.24) is 0 Å². The molecule has 3 heteroatoms. The van der Waals surface area contributed by atoms with Crippen molar-refractivity contribution >= 4 is 5.97 Å². The van der Waals surface area contributed by atoms with Gasteiger partial charge in [-0.2, -0.15) is 0 Å². The van der Waals surface area contributed by atoms with E-state index in [-0.39, 0.29) is 5.97 Å². The number of carbonyl (C=O) groups is 1. The van der Waals surface area contributed by atoms with Gasteiger partial charge < -0.3 is 10.5 Å². The van der Waals surface area contributed by atoms with Gasteiger partial charge in [-0.05, 0) is 30.6 Å². The third kappa shape index (κ3) is 2.47. The summed E-state index contributed by atoms with van der Waals surface area (Å²) in [7, 11) is 1.40. The lowest BCUT2D eigenvalue weighted by Crippen LogP contribution is -2.58. The molecule has 1 aliphatic carbocycles. The average Bonchev–Trinajstić information content (AvgIpc) is 1.97. The average molecular weight is 199 g/mol. The molecule has 0 amide bonds. The maximum Gasteiger partial charge on any atom is 0.325 e. The van der Waals surface area contributed by atoms with Crippen LogP contribution in [0, 0.1) is 11.3 Å². The molecule has 1 aliphatic rings. The van der Waals surface area contributed by atoms with E-state index in [2.05, 4.69) is 25.5 Å². The van der Waals surface area contributed by atoms with Gasteiger partial charge in [-0.15, -0.1) is 0 Å². The number of hydrogen-bond acceptors (Lipinski definition) is 3. The summed E-state index contributed by atoms with van der Waals surface area (Å²) in [6, 6.07) is 0. The van der Waals surface area contributed by atoms with Crippen molar-refractivity contribution in [3.05, 3.63) is 0 Å². The summed E-state index contributed by atoms with van der Waals surface area (Å²) in [6.45, 7) is 6.63. The highest BCUT2D eigenvalue weighted by molar-refractivity contribution is 5.81. The molecule has 0 spiro atoms. The van der Waals surface area contributed by atoms with Crippen LogP contribution in [0.5, 0.6) is 0 Å². The molecule has 0 bridgehead atoms. The quantitative estimate of drug-likeness (QED) is 0.689. The van der Waals surface area contributed by atoms with Crippen LogP contribution < -0.4 is 5.73 Å². The minimum atomic E-state index is -0.690. The van der Waals surface area contributed by atoms with E-state index in [1.807, 2.05) is 0 Å². The van der Waals surface area contributed by atoms with Gasteiger partial charge in [-0.25, -0.2) is 0 Å². The summed E-state index contributed by atoms with van der Waals surface area (Å²) < 4.78 is 4.67. The molecule has 0 radical (unpaired) electrons. The molecular weight excluding hydrogens is 178 g/mol. The fourth-order valence-corrected chi connectivity index (χ4v) is 2.35. The zero-order chi connectivity index (χ0) is 11.0. The summed E-state index contributed by atoms with van der Waals surface area (Å²) in [5, 5.41) is 0. The van der Waals surface area contributed by atoms with E-state index in [9.17, 15) is 4.79 Å². The van der Waals surface area contributed by atoms with Crippen LogP contribution in [0.2, 0.25) is 0 Å². The van der Waals surface area contributed by atoms with Crippen LogP contribution in [0.25, 0.3) is 0 Å². The van der Waals surface area contributed by atoms with Gasteiger partial charge in [0.05, 0.1) is 7.11 Å². The lowest BCUT2D eigenvalue weighted by atomic mass is 9.64. The lowest BCUT2D eigenvalue weighted by molar-refractivity contribution is -0.153. The van der Waals surface area contributed by atoms with Crippen LogP contribution in [-0.2, 0) is 9.53 Å². The Balaban J connectivity index is 2.39. The van der Waals surface area contributed by atoms with Gasteiger partial charge in [0.25, 0.3) is 0 Å². The SMILES string of the molecule is COC(=O)C1(N)CC(CC(C)(C)C)C1. The molecule has 0 aromatic carbocycles. The molecule has 0 aromatic rings. The fourth-order valence-electron chi connectivity index (χ4n) is 2.35. The highest BCUT2D eigenvalue weighted by atomic mass is 16.5. The van der Waals surface area contributed by atoms with Crippen LogP contribution in [-0.4, -0.2) is 18.6 Å². The van der Waals surface area contributed by atoms with Gasteiger partial charge in [0.1, 0.15) is 5.54 Å². The number of nitrogens with two attached hydrogens (primary N) is 1. The smallest absolute Gasteiger partial charge is 0.325 e. The first-order valence-electron chi connectivity index (χ1n) is 5.14. The Morgan fingerprint density at radius 2 is 2.00 bits per heavy atom. The Hall–Kier alpha value is -0.570. The molecular formula is C11H21NO2. The van der Waals surface area contributed by atoms with Crippen LogP contribution >= 0.6 is 0 Å². The Morgan fingerprint density at radius 1 is 1.50 bits per heavy atom. The molecule has 0 unspecified atom stereocenters. The van der Waals surface area contributed by atoms with E-state index in [4.69, 9.17) is 5.73 Å². The zero-order valence-corrected chi connectivity index (χ0v) is 9.59. The Morgan fingerprint density at radius 3 is 2.36 bits per heavy atom. The maximum absolute atomic E-state index is 11.3. The molecule has 1 fully saturated rings. The third-order valence-electron chi connectivity index (χ3n) is 2.80. The van der Waals surface area contributed by atoms with Gasteiger partial charge in [0.2, 0.25) is 0 Å². The molecule has 14 heavy (non-hydrogen) atoms. The fraction of sp³-hybridized carbons (Fsp3) is 0.909. The molecule has 0 atom stereocenters. The van der Waals surface area contributed by atoms with E-state index in [0.29, 0.717) is 11.3 Å². The second kappa shape index (κ2) is 3.54. The number of ether oxygens (including phenoxy) is 1. The van der Waals surface area contributed by atoms with Gasteiger partial charge >= 0.3 is 5.97 Å². The molecule has 1 rings (SSSR count). The summed E-state index contributed by atoms with van der Waals surface area (Å²) in [6.07, 6.45) is 2.68. The molecule has 82 valence electrons. The largest absolute Gasteiger partial charge is 0.468 e. The number of methoxy groups -OCH3 is 1. The maximum atomic E-state index is 11.3. The van der Waals surface area contributed by atoms with Crippen LogP contribution in [0.15, 0.2) is 0 Å². The van der Waals surface area contributed by atoms with E-state index in [1.54, 1.807) is 0 Å². The van der Waals surface area contributed by atoms with Crippen molar-refractivity contribution in [2.24, 2.45) is 17.1 Å². The van der Waals surface area contributed by atoms with E-state index >= 15 is 0 Å². The van der Waals surface area contributed by atoms with Gasteiger partial charge in [0, 0.05) is 0 Å². The predicted molar refractivity (Wildman–Crippen MR) is 55.7 cm³/mol.